The Morgan fingerprint density at radius 3 is 2.63 bits per heavy atom. The molecular formula is C11H15N5O2S. The summed E-state index contributed by atoms with van der Waals surface area (Å²) in [6, 6.07) is -0.740. The van der Waals surface area contributed by atoms with Crippen molar-refractivity contribution in [1.29, 1.82) is 0 Å². The van der Waals surface area contributed by atoms with Gasteiger partial charge >= 0.3 is 0 Å². The number of hydrogen-bond acceptors (Lipinski definition) is 5. The number of rotatable bonds is 3. The molecule has 8 heteroatoms. The van der Waals surface area contributed by atoms with Crippen LogP contribution in [0.5, 0.6) is 0 Å². The molecular weight excluding hydrogens is 266 g/mol. The Morgan fingerprint density at radius 1 is 1.47 bits per heavy atom. The first kappa shape index (κ1) is 13.3. The number of carbonyl (C=O) groups excluding carboxylic acids is 2. The van der Waals surface area contributed by atoms with Crippen LogP contribution in [0.1, 0.15) is 22.3 Å². The van der Waals surface area contributed by atoms with Gasteiger partial charge in [-0.1, -0.05) is 0 Å². The summed E-state index contributed by atoms with van der Waals surface area (Å²) in [6.45, 7) is 3.36. The average molecular weight is 281 g/mol. The molecule has 0 aromatic carbocycles. The highest BCUT2D eigenvalue weighted by atomic mass is 32.1. The van der Waals surface area contributed by atoms with E-state index in [1.54, 1.807) is 11.7 Å². The van der Waals surface area contributed by atoms with Crippen LogP contribution in [0.25, 0.3) is 10.2 Å². The Kier molecular flexibility index (Phi) is 3.19. The van der Waals surface area contributed by atoms with Crippen LogP contribution in [0.15, 0.2) is 0 Å². The molecule has 0 saturated carbocycles. The summed E-state index contributed by atoms with van der Waals surface area (Å²) >= 11 is 1.24. The summed E-state index contributed by atoms with van der Waals surface area (Å²) in [6.07, 6.45) is 0. The maximum atomic E-state index is 12.1. The van der Waals surface area contributed by atoms with Crippen molar-refractivity contribution in [2.45, 2.75) is 19.9 Å². The quantitative estimate of drug-likeness (QED) is 0.741. The van der Waals surface area contributed by atoms with Gasteiger partial charge in [-0.3, -0.25) is 14.3 Å². The number of nitrogen functional groups attached to an aromatic ring is 1. The average Bonchev–Trinajstić information content (AvgIpc) is 2.79. The van der Waals surface area contributed by atoms with Gasteiger partial charge in [-0.25, -0.2) is 0 Å². The molecule has 2 heterocycles. The summed E-state index contributed by atoms with van der Waals surface area (Å²) in [5, 5.41) is 7.54. The molecule has 2 aromatic rings. The van der Waals surface area contributed by atoms with E-state index >= 15 is 0 Å². The molecule has 2 aromatic heterocycles. The van der Waals surface area contributed by atoms with Crippen LogP contribution in [0, 0.1) is 6.92 Å². The Morgan fingerprint density at radius 2 is 2.11 bits per heavy atom. The number of nitrogens with one attached hydrogen (secondary N) is 1. The fourth-order valence-electron chi connectivity index (χ4n) is 1.83. The smallest absolute Gasteiger partial charge is 0.264 e. The van der Waals surface area contributed by atoms with Crippen molar-refractivity contribution in [1.82, 2.24) is 15.1 Å². The number of nitrogens with zero attached hydrogens (tertiary/aromatic N) is 2. The van der Waals surface area contributed by atoms with Gasteiger partial charge in [0.05, 0.1) is 16.8 Å². The maximum absolute atomic E-state index is 12.1. The predicted molar refractivity (Wildman–Crippen MR) is 73.9 cm³/mol. The molecule has 0 aliphatic rings. The molecule has 1 atom stereocenters. The summed E-state index contributed by atoms with van der Waals surface area (Å²) < 4.78 is 1.68. The van der Waals surface area contributed by atoms with Gasteiger partial charge in [0.15, 0.2) is 0 Å². The monoisotopic (exact) mass is 281 g/mol. The lowest BCUT2D eigenvalue weighted by Gasteiger charge is -2.09. The highest BCUT2D eigenvalue weighted by Gasteiger charge is 2.22. The van der Waals surface area contributed by atoms with Crippen LogP contribution in [-0.4, -0.2) is 27.6 Å². The lowest BCUT2D eigenvalue weighted by atomic mass is 10.2. The van der Waals surface area contributed by atoms with E-state index in [4.69, 9.17) is 11.5 Å². The zero-order valence-electron chi connectivity index (χ0n) is 10.9. The lowest BCUT2D eigenvalue weighted by Crippen LogP contribution is -2.42. The SMILES string of the molecule is Cc1nn(C)c2sc(C(=O)NC(C)C(N)=O)c(N)c12. The molecule has 0 radical (unpaired) electrons. The van der Waals surface area contributed by atoms with E-state index in [9.17, 15) is 9.59 Å². The number of thiophene rings is 1. The van der Waals surface area contributed by atoms with E-state index in [2.05, 4.69) is 10.4 Å². The van der Waals surface area contributed by atoms with Crippen molar-refractivity contribution >= 4 is 39.1 Å². The third-order valence-electron chi connectivity index (χ3n) is 2.86. The van der Waals surface area contributed by atoms with Gasteiger partial charge in [0.2, 0.25) is 5.91 Å². The van der Waals surface area contributed by atoms with Gasteiger partial charge < -0.3 is 16.8 Å². The molecule has 7 nitrogen and oxygen atoms in total. The molecule has 1 unspecified atom stereocenters. The van der Waals surface area contributed by atoms with Gasteiger partial charge in [0.25, 0.3) is 5.91 Å². The molecule has 102 valence electrons. The minimum atomic E-state index is -0.740. The first-order valence-corrected chi connectivity index (χ1v) is 6.46. The van der Waals surface area contributed by atoms with E-state index in [1.807, 2.05) is 6.92 Å². The number of aromatic nitrogens is 2. The van der Waals surface area contributed by atoms with Crippen molar-refractivity contribution in [3.63, 3.8) is 0 Å². The molecule has 0 saturated heterocycles. The van der Waals surface area contributed by atoms with Crippen molar-refractivity contribution in [2.24, 2.45) is 12.8 Å². The summed E-state index contributed by atoms with van der Waals surface area (Å²) in [5.74, 6) is -0.990. The fourth-order valence-corrected chi connectivity index (χ4v) is 2.92. The molecule has 0 spiro atoms. The van der Waals surface area contributed by atoms with E-state index < -0.39 is 17.9 Å². The van der Waals surface area contributed by atoms with Gasteiger partial charge in [0, 0.05) is 7.05 Å². The largest absolute Gasteiger partial charge is 0.397 e. The standard InChI is InChI=1S/C11H15N5O2S/c1-4-6-7(12)8(19-11(6)16(3)15-4)10(18)14-5(2)9(13)17/h5H,12H2,1-3H3,(H2,13,17)(H,14,18). The van der Waals surface area contributed by atoms with Crippen molar-refractivity contribution in [2.75, 3.05) is 5.73 Å². The highest BCUT2D eigenvalue weighted by molar-refractivity contribution is 7.21. The van der Waals surface area contributed by atoms with Crippen LogP contribution in [0.4, 0.5) is 5.69 Å². The first-order chi connectivity index (χ1) is 8.82. The normalized spacial score (nSPS) is 12.6. The number of amides is 2. The van der Waals surface area contributed by atoms with Crippen LogP contribution in [-0.2, 0) is 11.8 Å². The van der Waals surface area contributed by atoms with Crippen molar-refractivity contribution in [3.05, 3.63) is 10.6 Å². The van der Waals surface area contributed by atoms with Crippen LogP contribution >= 0.6 is 11.3 Å². The zero-order chi connectivity index (χ0) is 14.3. The second-order valence-electron chi connectivity index (χ2n) is 4.33. The van der Waals surface area contributed by atoms with Crippen LogP contribution in [0.2, 0.25) is 0 Å². The summed E-state index contributed by atoms with van der Waals surface area (Å²) in [5.41, 5.74) is 12.3. The molecule has 2 rings (SSSR count). The highest BCUT2D eigenvalue weighted by Crippen LogP contribution is 2.35. The minimum absolute atomic E-state index is 0.374. The molecule has 0 bridgehead atoms. The molecule has 5 N–H and O–H groups in total. The van der Waals surface area contributed by atoms with Gasteiger partial charge in [-0.15, -0.1) is 11.3 Å². The minimum Gasteiger partial charge on any atom is -0.397 e. The number of fused-ring (bicyclic) bond motifs is 1. The molecule has 0 aliphatic carbocycles. The number of carbonyl (C=O) groups is 2. The number of primary amides is 1. The zero-order valence-corrected chi connectivity index (χ0v) is 11.7. The van der Waals surface area contributed by atoms with Gasteiger partial charge in [-0.2, -0.15) is 5.10 Å². The lowest BCUT2D eigenvalue weighted by molar-refractivity contribution is -0.119. The van der Waals surface area contributed by atoms with Crippen molar-refractivity contribution in [3.8, 4) is 0 Å². The number of anilines is 1. The van der Waals surface area contributed by atoms with Gasteiger partial charge in [-0.05, 0) is 13.8 Å². The molecule has 0 aliphatic heterocycles. The third-order valence-corrected chi connectivity index (χ3v) is 4.13. The molecule has 2 amide bonds. The number of nitrogens with two attached hydrogens (primary N) is 2. The fraction of sp³-hybridized carbons (Fsp3) is 0.364. The van der Waals surface area contributed by atoms with E-state index in [1.165, 1.54) is 18.3 Å². The summed E-state index contributed by atoms with van der Waals surface area (Å²) in [7, 11) is 1.79. The first-order valence-electron chi connectivity index (χ1n) is 5.64. The maximum Gasteiger partial charge on any atom is 0.264 e. The Hall–Kier alpha value is -2.09. The summed E-state index contributed by atoms with van der Waals surface area (Å²) in [4.78, 5) is 24.2. The molecule has 0 fully saturated rings. The predicted octanol–water partition coefficient (Wildman–Crippen LogP) is 0.129. The van der Waals surface area contributed by atoms with Crippen molar-refractivity contribution < 1.29 is 9.59 Å². The van der Waals surface area contributed by atoms with E-state index in [0.717, 1.165) is 15.9 Å². The van der Waals surface area contributed by atoms with E-state index in [0.29, 0.717) is 10.6 Å². The Labute approximate surface area is 113 Å². The second kappa shape index (κ2) is 4.54. The topological polar surface area (TPSA) is 116 Å². The second-order valence-corrected chi connectivity index (χ2v) is 5.33. The van der Waals surface area contributed by atoms with Crippen LogP contribution in [0.3, 0.4) is 0 Å². The number of hydrogen-bond donors (Lipinski definition) is 3. The Balaban J connectivity index is 2.41. The van der Waals surface area contributed by atoms with E-state index in [-0.39, 0.29) is 0 Å². The third kappa shape index (κ3) is 2.14. The Bertz CT molecular complexity index is 672. The number of aryl methyl sites for hydroxylation is 2. The van der Waals surface area contributed by atoms with Crippen LogP contribution < -0.4 is 16.8 Å². The molecule has 19 heavy (non-hydrogen) atoms. The van der Waals surface area contributed by atoms with Gasteiger partial charge in [0.1, 0.15) is 15.7 Å².